The van der Waals surface area contributed by atoms with Crippen molar-refractivity contribution >= 4 is 17.6 Å². The maximum absolute atomic E-state index is 12.8. The van der Waals surface area contributed by atoms with Gasteiger partial charge in [-0.05, 0) is 23.1 Å². The van der Waals surface area contributed by atoms with Crippen LogP contribution in [0.5, 0.6) is 5.75 Å². The molecule has 2 aliphatic rings. The number of carboxylic acids is 1. The highest BCUT2D eigenvalue weighted by Gasteiger charge is 2.53. The monoisotopic (exact) mass is 345 g/mol. The van der Waals surface area contributed by atoms with Crippen LogP contribution in [0.25, 0.3) is 0 Å². The molecule has 134 valence electrons. The van der Waals surface area contributed by atoms with E-state index >= 15 is 0 Å². The second-order valence-corrected chi connectivity index (χ2v) is 7.49. The second-order valence-electron chi connectivity index (χ2n) is 7.49. The van der Waals surface area contributed by atoms with Crippen LogP contribution in [0.15, 0.2) is 30.4 Å². The molecule has 25 heavy (non-hydrogen) atoms. The zero-order valence-electron chi connectivity index (χ0n) is 14.8. The average molecular weight is 345 g/mol. The van der Waals surface area contributed by atoms with Crippen LogP contribution in [0.1, 0.15) is 26.3 Å². The van der Waals surface area contributed by atoms with E-state index in [-0.39, 0.29) is 11.3 Å². The molecule has 6 nitrogen and oxygen atoms in total. The Hall–Kier alpha value is -2.34. The molecule has 1 fully saturated rings. The van der Waals surface area contributed by atoms with Crippen LogP contribution >= 0.6 is 0 Å². The van der Waals surface area contributed by atoms with E-state index < -0.39 is 30.0 Å². The quantitative estimate of drug-likeness (QED) is 0.820. The molecular weight excluding hydrogens is 322 g/mol. The smallest absolute Gasteiger partial charge is 0.310 e. The highest BCUT2D eigenvalue weighted by Crippen LogP contribution is 2.40. The maximum atomic E-state index is 12.8. The number of anilines is 1. The van der Waals surface area contributed by atoms with Gasteiger partial charge in [0.15, 0.2) is 0 Å². The Bertz CT molecular complexity index is 734. The largest absolute Gasteiger partial charge is 0.495 e. The Balaban J connectivity index is 1.88. The van der Waals surface area contributed by atoms with E-state index in [0.717, 1.165) is 5.56 Å². The van der Waals surface area contributed by atoms with Gasteiger partial charge in [0, 0.05) is 0 Å². The van der Waals surface area contributed by atoms with E-state index in [2.05, 4.69) is 26.1 Å². The summed E-state index contributed by atoms with van der Waals surface area (Å²) in [5.41, 5.74) is 1.49. The Morgan fingerprint density at radius 1 is 1.16 bits per heavy atom. The molecular formula is C19H23NO5. The summed E-state index contributed by atoms with van der Waals surface area (Å²) in [6, 6.07) is 5.64. The Morgan fingerprint density at radius 3 is 2.36 bits per heavy atom. The maximum Gasteiger partial charge on any atom is 0.310 e. The minimum Gasteiger partial charge on any atom is -0.495 e. The number of methoxy groups -OCH3 is 1. The second kappa shape index (κ2) is 6.19. The number of amides is 1. The van der Waals surface area contributed by atoms with Crippen LogP contribution in [0.4, 0.5) is 5.69 Å². The number of benzene rings is 1. The molecule has 0 aromatic heterocycles. The zero-order valence-corrected chi connectivity index (χ0v) is 14.8. The summed E-state index contributed by atoms with van der Waals surface area (Å²) < 4.78 is 10.9. The Morgan fingerprint density at radius 2 is 1.80 bits per heavy atom. The van der Waals surface area contributed by atoms with Gasteiger partial charge in [0.05, 0.1) is 30.9 Å². The summed E-state index contributed by atoms with van der Waals surface area (Å²) in [5.74, 6) is -2.48. The van der Waals surface area contributed by atoms with E-state index in [9.17, 15) is 14.7 Å². The predicted octanol–water partition coefficient (Wildman–Crippen LogP) is 2.59. The first-order valence-corrected chi connectivity index (χ1v) is 8.28. The fourth-order valence-electron chi connectivity index (χ4n) is 3.40. The zero-order chi connectivity index (χ0) is 18.4. The minimum absolute atomic E-state index is 0.0897. The molecule has 0 spiro atoms. The van der Waals surface area contributed by atoms with Crippen LogP contribution in [0, 0.1) is 11.8 Å². The highest BCUT2D eigenvalue weighted by atomic mass is 16.5. The van der Waals surface area contributed by atoms with Gasteiger partial charge in [-0.1, -0.05) is 39.0 Å². The van der Waals surface area contributed by atoms with Gasteiger partial charge in [-0.25, -0.2) is 0 Å². The van der Waals surface area contributed by atoms with Crippen molar-refractivity contribution in [1.82, 2.24) is 0 Å². The highest BCUT2D eigenvalue weighted by molar-refractivity contribution is 5.97. The average Bonchev–Trinajstić information content (AvgIpc) is 3.14. The molecule has 2 aliphatic heterocycles. The number of hydrogen-bond acceptors (Lipinski definition) is 4. The summed E-state index contributed by atoms with van der Waals surface area (Å²) in [4.78, 5) is 24.4. The first-order valence-electron chi connectivity index (χ1n) is 8.28. The summed E-state index contributed by atoms with van der Waals surface area (Å²) in [7, 11) is 1.53. The van der Waals surface area contributed by atoms with E-state index in [0.29, 0.717) is 11.4 Å². The molecule has 2 N–H and O–H groups in total. The van der Waals surface area contributed by atoms with Crippen molar-refractivity contribution in [1.29, 1.82) is 0 Å². The third-order valence-corrected chi connectivity index (χ3v) is 4.81. The molecule has 4 atom stereocenters. The van der Waals surface area contributed by atoms with Gasteiger partial charge in [0.1, 0.15) is 11.7 Å². The number of rotatable bonds is 4. The summed E-state index contributed by atoms with van der Waals surface area (Å²) in [6.45, 7) is 6.24. The lowest BCUT2D eigenvalue weighted by molar-refractivity contribution is -0.145. The van der Waals surface area contributed by atoms with Crippen molar-refractivity contribution in [2.75, 3.05) is 12.4 Å². The number of aliphatic carboxylic acids is 1. The fraction of sp³-hybridized carbons (Fsp3) is 0.474. The lowest BCUT2D eigenvalue weighted by Gasteiger charge is -2.24. The number of carboxylic acid groups (broad SMARTS) is 1. The number of nitrogens with one attached hydrogen (secondary N) is 1. The molecule has 6 heteroatoms. The first kappa shape index (κ1) is 17.5. The van der Waals surface area contributed by atoms with Crippen LogP contribution in [0.2, 0.25) is 0 Å². The normalized spacial score (nSPS) is 27.4. The number of fused-ring (bicyclic) bond motifs is 2. The van der Waals surface area contributed by atoms with Crippen LogP contribution < -0.4 is 10.1 Å². The standard InChI is InChI=1S/C19H23NO5/c1-19(2,3)10-5-6-12(24-4)11(9-10)20-17(21)15-13-7-8-14(25-13)16(15)18(22)23/h5-9,13-16H,1-4H3,(H,20,21)(H,22,23)/t13-,14+,15-,16-/m0/s1. The summed E-state index contributed by atoms with van der Waals surface area (Å²) in [5, 5.41) is 12.3. The van der Waals surface area contributed by atoms with Gasteiger partial charge in [0.25, 0.3) is 0 Å². The van der Waals surface area contributed by atoms with Gasteiger partial charge in [-0.15, -0.1) is 0 Å². The molecule has 0 saturated carbocycles. The van der Waals surface area contributed by atoms with E-state index in [1.807, 2.05) is 18.2 Å². The van der Waals surface area contributed by atoms with Crippen molar-refractivity contribution in [3.8, 4) is 5.75 Å². The molecule has 1 amide bonds. The van der Waals surface area contributed by atoms with Crippen molar-refractivity contribution in [3.05, 3.63) is 35.9 Å². The van der Waals surface area contributed by atoms with E-state index in [1.165, 1.54) is 7.11 Å². The van der Waals surface area contributed by atoms with Crippen molar-refractivity contribution in [3.63, 3.8) is 0 Å². The first-order chi connectivity index (χ1) is 11.7. The van der Waals surface area contributed by atoms with E-state index in [4.69, 9.17) is 9.47 Å². The van der Waals surface area contributed by atoms with Crippen LogP contribution in [-0.2, 0) is 19.7 Å². The third-order valence-electron chi connectivity index (χ3n) is 4.81. The molecule has 2 heterocycles. The number of hydrogen-bond donors (Lipinski definition) is 2. The molecule has 1 saturated heterocycles. The lowest BCUT2D eigenvalue weighted by atomic mass is 9.82. The Kier molecular flexibility index (Phi) is 4.33. The molecule has 2 bridgehead atoms. The van der Waals surface area contributed by atoms with Crippen molar-refractivity contribution in [2.24, 2.45) is 11.8 Å². The van der Waals surface area contributed by atoms with Gasteiger partial charge in [0.2, 0.25) is 5.91 Å². The number of ether oxygens (including phenoxy) is 2. The van der Waals surface area contributed by atoms with Crippen molar-refractivity contribution in [2.45, 2.75) is 38.4 Å². The number of carbonyl (C=O) groups excluding carboxylic acids is 1. The molecule has 0 unspecified atom stereocenters. The fourth-order valence-corrected chi connectivity index (χ4v) is 3.40. The molecule has 0 aliphatic carbocycles. The Labute approximate surface area is 146 Å². The lowest BCUT2D eigenvalue weighted by Crippen LogP contribution is -2.39. The summed E-state index contributed by atoms with van der Waals surface area (Å²) in [6.07, 6.45) is 2.44. The van der Waals surface area contributed by atoms with Crippen LogP contribution in [0.3, 0.4) is 0 Å². The van der Waals surface area contributed by atoms with Gasteiger partial charge in [-0.2, -0.15) is 0 Å². The molecule has 1 aromatic carbocycles. The predicted molar refractivity (Wildman–Crippen MR) is 92.7 cm³/mol. The van der Waals surface area contributed by atoms with Crippen molar-refractivity contribution < 1.29 is 24.2 Å². The van der Waals surface area contributed by atoms with Gasteiger partial charge in [-0.3, -0.25) is 9.59 Å². The van der Waals surface area contributed by atoms with E-state index in [1.54, 1.807) is 12.2 Å². The van der Waals surface area contributed by atoms with Gasteiger partial charge < -0.3 is 19.9 Å². The third kappa shape index (κ3) is 3.14. The SMILES string of the molecule is COc1ccc(C(C)(C)C)cc1NC(=O)[C@@H]1[C@@H](C(=O)O)[C@H]2C=C[C@@H]1O2. The molecule has 3 rings (SSSR count). The van der Waals surface area contributed by atoms with Gasteiger partial charge >= 0.3 is 5.97 Å². The molecule has 0 radical (unpaired) electrons. The topological polar surface area (TPSA) is 84.9 Å². The summed E-state index contributed by atoms with van der Waals surface area (Å²) >= 11 is 0. The molecule has 1 aromatic rings. The van der Waals surface area contributed by atoms with Crippen LogP contribution in [-0.4, -0.2) is 36.3 Å². The number of carbonyl (C=O) groups is 2. The minimum atomic E-state index is -1.02.